The normalized spacial score (nSPS) is 15.1. The Morgan fingerprint density at radius 1 is 1.20 bits per heavy atom. The van der Waals surface area contributed by atoms with Crippen molar-refractivity contribution in [2.24, 2.45) is 0 Å². The maximum atomic E-state index is 12.6. The number of carbonyl (C=O) groups is 3. The number of rotatable bonds is 6. The third-order valence-corrected chi connectivity index (χ3v) is 3.63. The molecule has 1 atom stereocenters. The molecule has 1 aliphatic heterocycles. The summed E-state index contributed by atoms with van der Waals surface area (Å²) in [5, 5.41) is 10.5. The van der Waals surface area contributed by atoms with Crippen LogP contribution in [0, 0.1) is 10.1 Å². The average Bonchev–Trinajstić information content (AvgIpc) is 2.74. The predicted molar refractivity (Wildman–Crippen MR) is 87.7 cm³/mol. The van der Waals surface area contributed by atoms with Gasteiger partial charge in [-0.25, -0.2) is 4.79 Å². The van der Waals surface area contributed by atoms with Gasteiger partial charge in [-0.05, 0) is 39.3 Å². The Kier molecular flexibility index (Phi) is 5.20. The molecule has 0 aromatic heterocycles. The molecular weight excluding hydrogens is 328 g/mol. The van der Waals surface area contributed by atoms with Gasteiger partial charge in [0.25, 0.3) is 11.8 Å². The smallest absolute Gasteiger partial charge is 0.329 e. The van der Waals surface area contributed by atoms with Gasteiger partial charge < -0.3 is 4.74 Å². The maximum absolute atomic E-state index is 12.6. The third-order valence-electron chi connectivity index (χ3n) is 3.63. The van der Waals surface area contributed by atoms with Crippen LogP contribution < -0.4 is 0 Å². The monoisotopic (exact) mass is 348 g/mol. The molecular formula is C17H20N2O6. The molecule has 0 fully saturated rings. The molecule has 0 bridgehead atoms. The van der Waals surface area contributed by atoms with E-state index in [1.807, 2.05) is 0 Å². The van der Waals surface area contributed by atoms with E-state index in [2.05, 4.69) is 0 Å². The first-order valence-corrected chi connectivity index (χ1v) is 7.93. The quantitative estimate of drug-likeness (QED) is 0.337. The molecule has 0 spiro atoms. The zero-order valence-corrected chi connectivity index (χ0v) is 14.4. The lowest BCUT2D eigenvalue weighted by molar-refractivity contribution is -0.480. The van der Waals surface area contributed by atoms with E-state index < -0.39 is 34.3 Å². The fourth-order valence-electron chi connectivity index (χ4n) is 2.63. The molecule has 0 aliphatic carbocycles. The Bertz CT molecular complexity index is 687. The lowest BCUT2D eigenvalue weighted by atomic mass is 10.1. The summed E-state index contributed by atoms with van der Waals surface area (Å²) in [6, 6.07) is 5.09. The molecule has 1 aliphatic rings. The highest BCUT2D eigenvalue weighted by molar-refractivity contribution is 6.22. The van der Waals surface area contributed by atoms with Gasteiger partial charge in [-0.2, -0.15) is 0 Å². The minimum atomic E-state index is -1.19. The standard InChI is InChI=1S/C17H20N2O6/c1-17(2,3)25-16(22)13(9-6-10-18(23)24)19-14(20)11-7-4-5-8-12(11)15(19)21/h4-5,7-8,13H,6,9-10H2,1-3H3/t13-/m0/s1. The van der Waals surface area contributed by atoms with Gasteiger partial charge in [0.05, 0.1) is 11.1 Å². The van der Waals surface area contributed by atoms with E-state index in [1.165, 1.54) is 12.1 Å². The number of nitrogens with zero attached hydrogens (tertiary/aromatic N) is 2. The number of esters is 1. The highest BCUT2D eigenvalue weighted by Crippen LogP contribution is 2.27. The fourth-order valence-corrected chi connectivity index (χ4v) is 2.63. The molecule has 0 radical (unpaired) electrons. The fraction of sp³-hybridized carbons (Fsp3) is 0.471. The molecule has 8 heteroatoms. The SMILES string of the molecule is CC(C)(C)OC(=O)[C@H](CCC[N+](=O)[O-])N1C(=O)c2ccccc2C1=O. The summed E-state index contributed by atoms with van der Waals surface area (Å²) in [5.74, 6) is -1.92. The van der Waals surface area contributed by atoms with E-state index in [-0.39, 0.29) is 30.5 Å². The van der Waals surface area contributed by atoms with E-state index in [0.717, 1.165) is 4.90 Å². The van der Waals surface area contributed by atoms with Crippen molar-refractivity contribution in [3.8, 4) is 0 Å². The second kappa shape index (κ2) is 7.00. The van der Waals surface area contributed by atoms with Crippen molar-refractivity contribution in [1.82, 2.24) is 4.90 Å². The number of hydrogen-bond acceptors (Lipinski definition) is 6. The van der Waals surface area contributed by atoms with Gasteiger partial charge in [0.15, 0.2) is 0 Å². The van der Waals surface area contributed by atoms with Crippen LogP contribution in [0.3, 0.4) is 0 Å². The molecule has 1 heterocycles. The molecule has 0 unspecified atom stereocenters. The number of ether oxygens (including phenoxy) is 1. The van der Waals surface area contributed by atoms with Gasteiger partial charge in [-0.15, -0.1) is 0 Å². The van der Waals surface area contributed by atoms with Crippen molar-refractivity contribution in [1.29, 1.82) is 0 Å². The average molecular weight is 348 g/mol. The molecule has 134 valence electrons. The van der Waals surface area contributed by atoms with E-state index in [0.29, 0.717) is 0 Å². The number of fused-ring (bicyclic) bond motifs is 1. The Morgan fingerprint density at radius 2 is 1.72 bits per heavy atom. The molecule has 0 saturated carbocycles. The minimum Gasteiger partial charge on any atom is -0.458 e. The largest absolute Gasteiger partial charge is 0.458 e. The van der Waals surface area contributed by atoms with Crippen LogP contribution in [-0.4, -0.2) is 45.8 Å². The van der Waals surface area contributed by atoms with Crippen molar-refractivity contribution >= 4 is 17.8 Å². The van der Waals surface area contributed by atoms with Gasteiger partial charge in [0, 0.05) is 11.3 Å². The van der Waals surface area contributed by atoms with Crippen LogP contribution in [0.4, 0.5) is 0 Å². The lowest BCUT2D eigenvalue weighted by Crippen LogP contribution is -2.47. The highest BCUT2D eigenvalue weighted by atomic mass is 16.6. The second-order valence-electron chi connectivity index (χ2n) is 6.77. The first kappa shape index (κ1) is 18.6. The first-order chi connectivity index (χ1) is 11.6. The maximum Gasteiger partial charge on any atom is 0.329 e. The Labute approximate surface area is 144 Å². The van der Waals surface area contributed by atoms with E-state index >= 15 is 0 Å². The number of hydrogen-bond donors (Lipinski definition) is 0. The van der Waals surface area contributed by atoms with Crippen molar-refractivity contribution in [3.05, 3.63) is 45.5 Å². The molecule has 1 aromatic carbocycles. The summed E-state index contributed by atoms with van der Waals surface area (Å²) in [7, 11) is 0. The number of nitro groups is 1. The molecule has 2 amide bonds. The lowest BCUT2D eigenvalue weighted by Gasteiger charge is -2.28. The van der Waals surface area contributed by atoms with Crippen molar-refractivity contribution in [2.45, 2.75) is 45.3 Å². The van der Waals surface area contributed by atoms with Gasteiger partial charge in [0.1, 0.15) is 11.6 Å². The zero-order chi connectivity index (χ0) is 18.8. The van der Waals surface area contributed by atoms with Crippen LogP contribution in [0.15, 0.2) is 24.3 Å². The molecule has 0 N–H and O–H groups in total. The summed E-state index contributed by atoms with van der Waals surface area (Å²) in [5.41, 5.74) is -0.373. The summed E-state index contributed by atoms with van der Waals surface area (Å²) in [6.45, 7) is 4.65. The predicted octanol–water partition coefficient (Wildman–Crippen LogP) is 2.05. The van der Waals surface area contributed by atoms with E-state index in [9.17, 15) is 24.5 Å². The molecule has 1 aromatic rings. The Hall–Kier alpha value is -2.77. The minimum absolute atomic E-state index is 0.0264. The zero-order valence-electron chi connectivity index (χ0n) is 14.4. The van der Waals surface area contributed by atoms with Crippen LogP contribution in [-0.2, 0) is 9.53 Å². The summed E-state index contributed by atoms with van der Waals surface area (Å²) < 4.78 is 5.31. The topological polar surface area (TPSA) is 107 Å². The molecule has 2 rings (SSSR count). The molecule has 25 heavy (non-hydrogen) atoms. The molecule has 8 nitrogen and oxygen atoms in total. The van der Waals surface area contributed by atoms with Crippen molar-refractivity contribution in [3.63, 3.8) is 0 Å². The van der Waals surface area contributed by atoms with Crippen LogP contribution >= 0.6 is 0 Å². The van der Waals surface area contributed by atoms with Gasteiger partial charge in [-0.3, -0.25) is 24.6 Å². The number of amides is 2. The van der Waals surface area contributed by atoms with Crippen LogP contribution in [0.25, 0.3) is 0 Å². The summed E-state index contributed by atoms with van der Waals surface area (Å²) in [6.07, 6.45) is 0.0195. The number of imide groups is 1. The van der Waals surface area contributed by atoms with Crippen LogP contribution in [0.2, 0.25) is 0 Å². The van der Waals surface area contributed by atoms with Gasteiger partial charge in [-0.1, -0.05) is 12.1 Å². The number of benzene rings is 1. The van der Waals surface area contributed by atoms with E-state index in [1.54, 1.807) is 32.9 Å². The first-order valence-electron chi connectivity index (χ1n) is 7.93. The van der Waals surface area contributed by atoms with Gasteiger partial charge in [0.2, 0.25) is 6.54 Å². The summed E-state index contributed by atoms with van der Waals surface area (Å²) in [4.78, 5) is 48.6. The summed E-state index contributed by atoms with van der Waals surface area (Å²) >= 11 is 0. The van der Waals surface area contributed by atoms with Crippen molar-refractivity contribution in [2.75, 3.05) is 6.54 Å². The number of carbonyl (C=O) groups excluding carboxylic acids is 3. The molecule has 0 saturated heterocycles. The highest BCUT2D eigenvalue weighted by Gasteiger charge is 2.43. The van der Waals surface area contributed by atoms with Crippen LogP contribution in [0.1, 0.15) is 54.3 Å². The Balaban J connectivity index is 2.29. The third kappa shape index (κ3) is 4.20. The van der Waals surface area contributed by atoms with Gasteiger partial charge >= 0.3 is 5.97 Å². The van der Waals surface area contributed by atoms with Crippen molar-refractivity contribution < 1.29 is 24.0 Å². The van der Waals surface area contributed by atoms with E-state index in [4.69, 9.17) is 4.74 Å². The second-order valence-corrected chi connectivity index (χ2v) is 6.77. The Morgan fingerprint density at radius 3 is 2.16 bits per heavy atom. The van der Waals surface area contributed by atoms with Crippen LogP contribution in [0.5, 0.6) is 0 Å².